The Bertz CT molecular complexity index is 444. The van der Waals surface area contributed by atoms with Crippen molar-refractivity contribution in [2.45, 2.75) is 64.7 Å². The Morgan fingerprint density at radius 2 is 0.700 bits per heavy atom. The topological polar surface area (TPSA) is 0 Å². The van der Waals surface area contributed by atoms with Gasteiger partial charge in [0.2, 0.25) is 0 Å². The Hall–Kier alpha value is -0.126. The summed E-state index contributed by atoms with van der Waals surface area (Å²) in [5.74, 6) is 2.27. The standard InChI is InChI=1S/C16H30GeSi3/c1-17(11-14-18(2,3)4,12-15-19(5,6)7)13-16-20(8,9)10/h1-10H3. The predicted octanol–water partition coefficient (Wildman–Crippen LogP) is 4.33. The number of rotatable bonds is 0. The van der Waals surface area contributed by atoms with Gasteiger partial charge in [0.1, 0.15) is 0 Å². The summed E-state index contributed by atoms with van der Waals surface area (Å²) in [4.78, 5) is 0. The third kappa shape index (κ3) is 11.7. The average molecular weight is 379 g/mol. The Balaban J connectivity index is 5.71. The van der Waals surface area contributed by atoms with Gasteiger partial charge in [-0.3, -0.25) is 0 Å². The first-order chi connectivity index (χ1) is 8.62. The van der Waals surface area contributed by atoms with E-state index in [1.807, 2.05) is 0 Å². The fourth-order valence-corrected chi connectivity index (χ4v) is 15.1. The van der Waals surface area contributed by atoms with Gasteiger partial charge in [-0.1, -0.05) is 0 Å². The second-order valence-corrected chi connectivity index (χ2v) is 29.2. The molecule has 0 rings (SSSR count). The molecule has 0 aromatic carbocycles. The Kier molecular flexibility index (Phi) is 6.71. The molecule has 110 valence electrons. The van der Waals surface area contributed by atoms with Crippen LogP contribution in [0.5, 0.6) is 0 Å². The summed E-state index contributed by atoms with van der Waals surface area (Å²) in [7, 11) is -4.03. The second kappa shape index (κ2) is 6.76. The summed E-state index contributed by atoms with van der Waals surface area (Å²) >= 11 is -2.62. The molecule has 0 fully saturated rings. The molecular formula is C16H30GeSi3. The van der Waals surface area contributed by atoms with E-state index in [2.05, 4.69) is 95.6 Å². The Morgan fingerprint density at radius 3 is 0.850 bits per heavy atom. The zero-order chi connectivity index (χ0) is 16.2. The first kappa shape index (κ1) is 19.9. The summed E-state index contributed by atoms with van der Waals surface area (Å²) in [5, 5.41) is 0. The molecule has 0 aliphatic carbocycles. The van der Waals surface area contributed by atoms with Crippen molar-refractivity contribution in [2.75, 3.05) is 0 Å². The van der Waals surface area contributed by atoms with Gasteiger partial charge in [0.15, 0.2) is 0 Å². The molecule has 0 aromatic heterocycles. The molecule has 0 bridgehead atoms. The summed E-state index contributed by atoms with van der Waals surface area (Å²) in [5.41, 5.74) is 10.6. The first-order valence-corrected chi connectivity index (χ1v) is 23.0. The fraction of sp³-hybridized carbons (Fsp3) is 0.625. The molecule has 0 atom stereocenters. The minimum atomic E-state index is -2.62. The molecule has 0 saturated heterocycles. The van der Waals surface area contributed by atoms with E-state index in [1.165, 1.54) is 0 Å². The van der Waals surface area contributed by atoms with Crippen LogP contribution in [0.3, 0.4) is 0 Å². The summed E-state index contributed by atoms with van der Waals surface area (Å²) in [6.45, 7) is 20.6. The van der Waals surface area contributed by atoms with Crippen LogP contribution in [0.15, 0.2) is 0 Å². The van der Waals surface area contributed by atoms with Crippen LogP contribution in [0.4, 0.5) is 0 Å². The maximum atomic E-state index is 3.58. The van der Waals surface area contributed by atoms with Crippen LogP contribution < -0.4 is 0 Å². The molecule has 0 nitrogen and oxygen atoms in total. The van der Waals surface area contributed by atoms with Gasteiger partial charge in [-0.25, -0.2) is 0 Å². The van der Waals surface area contributed by atoms with Gasteiger partial charge >= 0.3 is 133 Å². The van der Waals surface area contributed by atoms with Gasteiger partial charge in [0.25, 0.3) is 0 Å². The Morgan fingerprint density at radius 1 is 0.500 bits per heavy atom. The third-order valence-electron chi connectivity index (χ3n) is 2.06. The molecule has 4 heteroatoms. The molecule has 0 aliphatic heterocycles. The van der Waals surface area contributed by atoms with Gasteiger partial charge in [0.05, 0.1) is 0 Å². The average Bonchev–Trinajstić information content (AvgIpc) is 2.18. The van der Waals surface area contributed by atoms with Crippen molar-refractivity contribution in [1.82, 2.24) is 0 Å². The van der Waals surface area contributed by atoms with Gasteiger partial charge in [-0.05, 0) is 0 Å². The monoisotopic (exact) mass is 380 g/mol. The zero-order valence-corrected chi connectivity index (χ0v) is 20.1. The van der Waals surface area contributed by atoms with E-state index < -0.39 is 37.5 Å². The number of hydrogen-bond acceptors (Lipinski definition) is 0. The fourth-order valence-electron chi connectivity index (χ4n) is 1.03. The zero-order valence-electron chi connectivity index (χ0n) is 15.0. The molecule has 0 saturated carbocycles. The van der Waals surface area contributed by atoms with Gasteiger partial charge in [-0.15, -0.1) is 0 Å². The van der Waals surface area contributed by atoms with E-state index >= 15 is 0 Å². The quantitative estimate of drug-likeness (QED) is 0.434. The van der Waals surface area contributed by atoms with E-state index in [0.29, 0.717) is 0 Å². The predicted molar refractivity (Wildman–Crippen MR) is 105 cm³/mol. The molecular weight excluding hydrogens is 349 g/mol. The van der Waals surface area contributed by atoms with Crippen molar-refractivity contribution >= 4 is 37.5 Å². The molecule has 0 heterocycles. The number of hydrogen-bond donors (Lipinski definition) is 0. The van der Waals surface area contributed by atoms with E-state index in [9.17, 15) is 0 Å². The molecule has 0 aliphatic rings. The van der Waals surface area contributed by atoms with Crippen molar-refractivity contribution in [3.63, 3.8) is 0 Å². The molecule has 0 radical (unpaired) electrons. The molecule has 20 heavy (non-hydrogen) atoms. The van der Waals surface area contributed by atoms with Crippen molar-refractivity contribution < 1.29 is 0 Å². The van der Waals surface area contributed by atoms with E-state index in [0.717, 1.165) is 0 Å². The SMILES string of the molecule is C[Si](C)(C)C#[C][Ge]([CH3])([C]#C[Si](C)(C)C)[C]#C[Si](C)(C)C. The van der Waals surface area contributed by atoms with Gasteiger partial charge in [-0.2, -0.15) is 0 Å². The van der Waals surface area contributed by atoms with Crippen LogP contribution in [0.1, 0.15) is 0 Å². The van der Waals surface area contributed by atoms with Crippen LogP contribution in [0, 0.1) is 30.9 Å². The molecule has 0 amide bonds. The molecule has 0 aromatic rings. The first-order valence-electron chi connectivity index (χ1n) is 7.25. The van der Waals surface area contributed by atoms with E-state index in [4.69, 9.17) is 0 Å². The van der Waals surface area contributed by atoms with Crippen LogP contribution in [-0.4, -0.2) is 37.5 Å². The molecule has 0 unspecified atom stereocenters. The Labute approximate surface area is 132 Å². The van der Waals surface area contributed by atoms with Crippen molar-refractivity contribution in [2.24, 2.45) is 0 Å². The van der Waals surface area contributed by atoms with Crippen molar-refractivity contribution in [3.8, 4) is 30.9 Å². The van der Waals surface area contributed by atoms with Crippen LogP contribution >= 0.6 is 0 Å². The molecule has 0 spiro atoms. The van der Waals surface area contributed by atoms with E-state index in [1.54, 1.807) is 0 Å². The van der Waals surface area contributed by atoms with Gasteiger partial charge < -0.3 is 0 Å². The van der Waals surface area contributed by atoms with Crippen LogP contribution in [0.25, 0.3) is 0 Å². The van der Waals surface area contributed by atoms with Crippen LogP contribution in [0.2, 0.25) is 64.7 Å². The van der Waals surface area contributed by atoms with Gasteiger partial charge in [0, 0.05) is 0 Å². The maximum absolute atomic E-state index is 3.58. The summed E-state index contributed by atoms with van der Waals surface area (Å²) in [6, 6.07) is 0. The minimum absolute atomic E-state index is 1.34. The van der Waals surface area contributed by atoms with Crippen molar-refractivity contribution in [3.05, 3.63) is 0 Å². The normalized spacial score (nSPS) is 12.3. The summed E-state index contributed by atoms with van der Waals surface area (Å²) in [6.07, 6.45) is 0. The second-order valence-electron chi connectivity index (χ2n) is 8.62. The molecule has 0 N–H and O–H groups in total. The van der Waals surface area contributed by atoms with E-state index in [-0.39, 0.29) is 0 Å². The van der Waals surface area contributed by atoms with Crippen LogP contribution in [-0.2, 0) is 0 Å². The third-order valence-corrected chi connectivity index (χ3v) is 10.2. The van der Waals surface area contributed by atoms with Crippen molar-refractivity contribution in [1.29, 1.82) is 0 Å². The summed E-state index contributed by atoms with van der Waals surface area (Å²) < 4.78 is 10.7.